The second kappa shape index (κ2) is 5.08. The number of aryl methyl sites for hydroxylation is 1. The zero-order valence-corrected chi connectivity index (χ0v) is 10.2. The first-order valence-electron chi connectivity index (χ1n) is 5.95. The number of urea groups is 1. The molecular formula is C13H16N2O3. The monoisotopic (exact) mass is 248 g/mol. The summed E-state index contributed by atoms with van der Waals surface area (Å²) in [4.78, 5) is 24.4. The van der Waals surface area contributed by atoms with Crippen LogP contribution in [0.25, 0.3) is 0 Å². The highest BCUT2D eigenvalue weighted by atomic mass is 16.4. The van der Waals surface area contributed by atoms with E-state index in [4.69, 9.17) is 5.11 Å². The van der Waals surface area contributed by atoms with Crippen molar-refractivity contribution in [2.75, 3.05) is 11.9 Å². The first-order chi connectivity index (χ1) is 8.59. The molecule has 0 bridgehead atoms. The molecule has 96 valence electrons. The van der Waals surface area contributed by atoms with Crippen molar-refractivity contribution in [3.05, 3.63) is 29.8 Å². The van der Waals surface area contributed by atoms with E-state index in [9.17, 15) is 9.59 Å². The number of rotatable bonds is 2. The summed E-state index contributed by atoms with van der Waals surface area (Å²) in [6.45, 7) is 2.39. The summed E-state index contributed by atoms with van der Waals surface area (Å²) in [5.41, 5.74) is 1.68. The van der Waals surface area contributed by atoms with E-state index >= 15 is 0 Å². The fourth-order valence-corrected chi connectivity index (χ4v) is 2.17. The van der Waals surface area contributed by atoms with Crippen LogP contribution in [0.2, 0.25) is 0 Å². The predicted octanol–water partition coefficient (Wildman–Crippen LogP) is 2.08. The summed E-state index contributed by atoms with van der Waals surface area (Å²) < 4.78 is 0. The number of nitrogens with zero attached hydrogens (tertiary/aromatic N) is 1. The van der Waals surface area contributed by atoms with Crippen molar-refractivity contribution in [3.8, 4) is 0 Å². The number of amides is 2. The van der Waals surface area contributed by atoms with Crippen molar-refractivity contribution in [1.82, 2.24) is 4.90 Å². The molecular weight excluding hydrogens is 232 g/mol. The highest BCUT2D eigenvalue weighted by Gasteiger charge is 2.33. The van der Waals surface area contributed by atoms with Crippen LogP contribution in [0.3, 0.4) is 0 Å². The molecule has 0 unspecified atom stereocenters. The molecule has 1 aromatic rings. The van der Waals surface area contributed by atoms with Gasteiger partial charge in [0.25, 0.3) is 0 Å². The lowest BCUT2D eigenvalue weighted by molar-refractivity contribution is -0.141. The smallest absolute Gasteiger partial charge is 0.326 e. The Morgan fingerprint density at radius 1 is 1.39 bits per heavy atom. The Balaban J connectivity index is 2.08. The largest absolute Gasteiger partial charge is 0.480 e. The summed E-state index contributed by atoms with van der Waals surface area (Å²) in [6, 6.07) is 6.39. The number of carbonyl (C=O) groups is 2. The molecule has 1 aliphatic heterocycles. The third kappa shape index (κ3) is 2.45. The standard InChI is InChI=1S/C13H16N2O3/c1-9-5-2-3-6-10(9)14-13(18)15-8-4-7-11(15)12(16)17/h2-3,5-6,11H,4,7-8H2,1H3,(H,14,18)(H,16,17)/t11-/m0/s1. The van der Waals surface area contributed by atoms with Gasteiger partial charge in [0.1, 0.15) is 6.04 Å². The number of carboxylic acid groups (broad SMARTS) is 1. The molecule has 1 aromatic carbocycles. The van der Waals surface area contributed by atoms with Gasteiger partial charge in [-0.05, 0) is 31.4 Å². The summed E-state index contributed by atoms with van der Waals surface area (Å²) in [5.74, 6) is -0.938. The lowest BCUT2D eigenvalue weighted by Crippen LogP contribution is -2.42. The van der Waals surface area contributed by atoms with Crippen LogP contribution in [0.5, 0.6) is 0 Å². The third-order valence-corrected chi connectivity index (χ3v) is 3.19. The van der Waals surface area contributed by atoms with Crippen LogP contribution in [-0.4, -0.2) is 34.6 Å². The number of likely N-dealkylation sites (tertiary alicyclic amines) is 1. The Morgan fingerprint density at radius 3 is 2.78 bits per heavy atom. The van der Waals surface area contributed by atoms with Crippen molar-refractivity contribution in [2.24, 2.45) is 0 Å². The number of carbonyl (C=O) groups excluding carboxylic acids is 1. The van der Waals surface area contributed by atoms with Gasteiger partial charge in [0.2, 0.25) is 0 Å². The molecule has 1 saturated heterocycles. The minimum Gasteiger partial charge on any atom is -0.480 e. The van der Waals surface area contributed by atoms with Crippen molar-refractivity contribution in [2.45, 2.75) is 25.8 Å². The molecule has 2 amide bonds. The molecule has 0 spiro atoms. The highest BCUT2D eigenvalue weighted by molar-refractivity contribution is 5.93. The fourth-order valence-electron chi connectivity index (χ4n) is 2.17. The predicted molar refractivity (Wildman–Crippen MR) is 67.6 cm³/mol. The Kier molecular flexibility index (Phi) is 3.50. The molecule has 5 nitrogen and oxygen atoms in total. The molecule has 18 heavy (non-hydrogen) atoms. The molecule has 5 heteroatoms. The number of carboxylic acids is 1. The topological polar surface area (TPSA) is 69.6 Å². The highest BCUT2D eigenvalue weighted by Crippen LogP contribution is 2.20. The Hall–Kier alpha value is -2.04. The minimum absolute atomic E-state index is 0.339. The van der Waals surface area contributed by atoms with Crippen LogP contribution in [0.4, 0.5) is 10.5 Å². The number of para-hydroxylation sites is 1. The third-order valence-electron chi connectivity index (χ3n) is 3.19. The van der Waals surface area contributed by atoms with E-state index < -0.39 is 12.0 Å². The first kappa shape index (κ1) is 12.4. The van der Waals surface area contributed by atoms with E-state index in [0.29, 0.717) is 13.0 Å². The normalized spacial score (nSPS) is 18.7. The molecule has 1 heterocycles. The van der Waals surface area contributed by atoms with Crippen LogP contribution in [0.1, 0.15) is 18.4 Å². The van der Waals surface area contributed by atoms with Crippen LogP contribution in [-0.2, 0) is 4.79 Å². The Bertz CT molecular complexity index is 473. The van der Waals surface area contributed by atoms with E-state index in [0.717, 1.165) is 17.7 Å². The number of hydrogen-bond donors (Lipinski definition) is 2. The van der Waals surface area contributed by atoms with E-state index in [2.05, 4.69) is 5.32 Å². The molecule has 1 fully saturated rings. The van der Waals surface area contributed by atoms with E-state index in [1.54, 1.807) is 6.07 Å². The summed E-state index contributed by atoms with van der Waals surface area (Å²) in [6.07, 6.45) is 1.26. The Morgan fingerprint density at radius 2 is 2.11 bits per heavy atom. The van der Waals surface area contributed by atoms with Gasteiger partial charge in [-0.25, -0.2) is 9.59 Å². The minimum atomic E-state index is -0.938. The SMILES string of the molecule is Cc1ccccc1NC(=O)N1CCC[C@H]1C(=O)O. The van der Waals surface area contributed by atoms with Gasteiger partial charge in [-0.2, -0.15) is 0 Å². The zero-order valence-electron chi connectivity index (χ0n) is 10.2. The fraction of sp³-hybridized carbons (Fsp3) is 0.385. The van der Waals surface area contributed by atoms with Gasteiger partial charge in [-0.1, -0.05) is 18.2 Å². The lowest BCUT2D eigenvalue weighted by atomic mass is 10.2. The first-order valence-corrected chi connectivity index (χ1v) is 5.95. The number of nitrogens with one attached hydrogen (secondary N) is 1. The van der Waals surface area contributed by atoms with E-state index in [-0.39, 0.29) is 6.03 Å². The lowest BCUT2D eigenvalue weighted by Gasteiger charge is -2.22. The Labute approximate surface area is 105 Å². The van der Waals surface area contributed by atoms with Crippen LogP contribution in [0.15, 0.2) is 24.3 Å². The molecule has 1 atom stereocenters. The molecule has 2 rings (SSSR count). The van der Waals surface area contributed by atoms with Crippen molar-refractivity contribution < 1.29 is 14.7 Å². The maximum atomic E-state index is 12.0. The van der Waals surface area contributed by atoms with Gasteiger partial charge in [0.15, 0.2) is 0 Å². The summed E-state index contributed by atoms with van der Waals surface area (Å²) in [7, 11) is 0. The number of benzene rings is 1. The van der Waals surface area contributed by atoms with Crippen molar-refractivity contribution in [3.63, 3.8) is 0 Å². The van der Waals surface area contributed by atoms with Crippen LogP contribution >= 0.6 is 0 Å². The average Bonchev–Trinajstić information content (AvgIpc) is 2.81. The summed E-state index contributed by atoms with van der Waals surface area (Å²) >= 11 is 0. The van der Waals surface area contributed by atoms with E-state index in [1.165, 1.54) is 4.90 Å². The quantitative estimate of drug-likeness (QED) is 0.841. The second-order valence-corrected chi connectivity index (χ2v) is 4.43. The van der Waals surface area contributed by atoms with Gasteiger partial charge in [0.05, 0.1) is 0 Å². The van der Waals surface area contributed by atoms with Crippen molar-refractivity contribution >= 4 is 17.7 Å². The molecule has 0 saturated carbocycles. The molecule has 0 radical (unpaired) electrons. The van der Waals surface area contributed by atoms with Gasteiger partial charge in [0, 0.05) is 12.2 Å². The molecule has 1 aliphatic rings. The number of aliphatic carboxylic acids is 1. The number of hydrogen-bond acceptors (Lipinski definition) is 2. The van der Waals surface area contributed by atoms with Gasteiger partial charge < -0.3 is 15.3 Å². The average molecular weight is 248 g/mol. The molecule has 2 N–H and O–H groups in total. The van der Waals surface area contributed by atoms with Crippen molar-refractivity contribution in [1.29, 1.82) is 0 Å². The molecule has 0 aromatic heterocycles. The summed E-state index contributed by atoms with van der Waals surface area (Å²) in [5, 5.41) is 11.8. The van der Waals surface area contributed by atoms with E-state index in [1.807, 2.05) is 25.1 Å². The van der Waals surface area contributed by atoms with Gasteiger partial charge >= 0.3 is 12.0 Å². The van der Waals surface area contributed by atoms with Crippen LogP contribution < -0.4 is 5.32 Å². The number of anilines is 1. The van der Waals surface area contributed by atoms with Gasteiger partial charge in [-0.15, -0.1) is 0 Å². The maximum absolute atomic E-state index is 12.0. The maximum Gasteiger partial charge on any atom is 0.326 e. The van der Waals surface area contributed by atoms with Gasteiger partial charge in [-0.3, -0.25) is 0 Å². The second-order valence-electron chi connectivity index (χ2n) is 4.43. The van der Waals surface area contributed by atoms with Crippen LogP contribution in [0, 0.1) is 6.92 Å². The molecule has 0 aliphatic carbocycles. The zero-order chi connectivity index (χ0) is 13.1.